The molecule has 0 aliphatic heterocycles. The molecule has 3 N–H and O–H groups in total. The molecule has 0 spiro atoms. The Hall–Kier alpha value is -5.76. The second kappa shape index (κ2) is 10.3. The quantitative estimate of drug-likeness (QED) is 0.213. The summed E-state index contributed by atoms with van der Waals surface area (Å²) in [5.74, 6) is -0.0661. The molecular weight excluding hydrogens is 496 g/mol. The number of nitrogens with zero attached hydrogens (tertiary/aromatic N) is 6. The van der Waals surface area contributed by atoms with Crippen molar-refractivity contribution in [1.82, 2.24) is 19.3 Å². The number of hydrogen-bond acceptors (Lipinski definition) is 8. The van der Waals surface area contributed by atoms with E-state index in [4.69, 9.17) is 0 Å². The van der Waals surface area contributed by atoms with Crippen molar-refractivity contribution in [3.05, 3.63) is 111 Å². The molecule has 2 aromatic heterocycles. The minimum Gasteiger partial charge on any atom is -0.506 e. The van der Waals surface area contributed by atoms with Crippen molar-refractivity contribution in [2.24, 2.45) is 17.3 Å². The van der Waals surface area contributed by atoms with Crippen molar-refractivity contribution < 1.29 is 5.11 Å². The van der Waals surface area contributed by atoms with E-state index in [0.29, 0.717) is 22.6 Å². The van der Waals surface area contributed by atoms with E-state index >= 15 is 0 Å². The van der Waals surface area contributed by atoms with Crippen molar-refractivity contribution in [3.63, 3.8) is 0 Å². The number of aromatic amines is 1. The summed E-state index contributed by atoms with van der Waals surface area (Å²) in [6.45, 7) is 1.75. The second-order valence-corrected chi connectivity index (χ2v) is 8.55. The fourth-order valence-corrected chi connectivity index (χ4v) is 4.03. The number of benzene rings is 3. The number of phenolic OH excluding ortho intramolecular Hbond substituents is 1. The first-order valence-corrected chi connectivity index (χ1v) is 11.8. The molecule has 0 fully saturated rings. The summed E-state index contributed by atoms with van der Waals surface area (Å²) in [6, 6.07) is 24.4. The summed E-state index contributed by atoms with van der Waals surface area (Å²) < 4.78 is 3.17. The molecule has 0 bridgehead atoms. The van der Waals surface area contributed by atoms with Gasteiger partial charge in [-0.05, 0) is 37.3 Å². The van der Waals surface area contributed by atoms with Crippen molar-refractivity contribution in [3.8, 4) is 28.8 Å². The maximum Gasteiger partial charge on any atom is 0.299 e. The van der Waals surface area contributed by atoms with Crippen LogP contribution in [0.15, 0.2) is 98.7 Å². The monoisotopic (exact) mass is 518 g/mol. The standard InChI is InChI=1S/C28H22N8O3/c1-17-24(27(39)36(35(17)2)20-11-7-4-8-12-20)34-33-22-15-19(13-14-23(22)37)30-28-31-25(18-9-5-3-6-10-18)21(16-29)26(38)32-28/h3-15,37H,1-2H3,(H2,30,31,32,38). The normalized spacial score (nSPS) is 11.0. The molecule has 5 rings (SSSR count). The summed E-state index contributed by atoms with van der Waals surface area (Å²) in [5, 5.41) is 31.1. The lowest BCUT2D eigenvalue weighted by Crippen LogP contribution is -2.19. The lowest BCUT2D eigenvalue weighted by atomic mass is 10.1. The highest BCUT2D eigenvalue weighted by atomic mass is 16.3. The van der Waals surface area contributed by atoms with Gasteiger partial charge < -0.3 is 10.4 Å². The van der Waals surface area contributed by atoms with Gasteiger partial charge in [-0.3, -0.25) is 19.3 Å². The van der Waals surface area contributed by atoms with Gasteiger partial charge in [0.05, 0.1) is 17.1 Å². The summed E-state index contributed by atoms with van der Waals surface area (Å²) in [6.07, 6.45) is 0. The number of hydrogen-bond donors (Lipinski definition) is 3. The summed E-state index contributed by atoms with van der Waals surface area (Å²) >= 11 is 0. The molecule has 0 saturated carbocycles. The third-order valence-corrected chi connectivity index (χ3v) is 6.10. The fraction of sp³-hybridized carbons (Fsp3) is 0.0714. The van der Waals surface area contributed by atoms with Gasteiger partial charge in [-0.25, -0.2) is 9.67 Å². The Morgan fingerprint density at radius 2 is 1.69 bits per heavy atom. The van der Waals surface area contributed by atoms with Crippen LogP contribution >= 0.6 is 0 Å². The van der Waals surface area contributed by atoms with Gasteiger partial charge in [0.2, 0.25) is 5.95 Å². The van der Waals surface area contributed by atoms with Gasteiger partial charge in [0, 0.05) is 18.3 Å². The molecular formula is C28H22N8O3. The van der Waals surface area contributed by atoms with Gasteiger partial charge >= 0.3 is 0 Å². The molecule has 0 saturated heterocycles. The molecule has 11 nitrogen and oxygen atoms in total. The van der Waals surface area contributed by atoms with Crippen molar-refractivity contribution in [1.29, 1.82) is 5.26 Å². The van der Waals surface area contributed by atoms with E-state index in [1.807, 2.05) is 42.5 Å². The van der Waals surface area contributed by atoms with E-state index in [2.05, 4.69) is 25.5 Å². The molecule has 2 heterocycles. The molecule has 39 heavy (non-hydrogen) atoms. The number of para-hydroxylation sites is 1. The maximum atomic E-state index is 13.1. The molecule has 0 amide bonds. The number of azo groups is 1. The zero-order valence-corrected chi connectivity index (χ0v) is 21.0. The number of nitrogens with one attached hydrogen (secondary N) is 2. The Morgan fingerprint density at radius 1 is 1.00 bits per heavy atom. The first kappa shape index (κ1) is 24.9. The molecule has 5 aromatic rings. The van der Waals surface area contributed by atoms with Gasteiger partial charge in [-0.15, -0.1) is 10.2 Å². The molecule has 3 aromatic carbocycles. The van der Waals surface area contributed by atoms with Crippen LogP contribution in [0, 0.1) is 18.3 Å². The minimum absolute atomic E-state index is 0.0909. The van der Waals surface area contributed by atoms with Crippen LogP contribution in [-0.4, -0.2) is 24.4 Å². The van der Waals surface area contributed by atoms with Crippen molar-refractivity contribution in [2.75, 3.05) is 5.32 Å². The second-order valence-electron chi connectivity index (χ2n) is 8.55. The lowest BCUT2D eigenvalue weighted by molar-refractivity contribution is 0.476. The smallest absolute Gasteiger partial charge is 0.299 e. The van der Waals surface area contributed by atoms with E-state index in [0.717, 1.165) is 0 Å². The average Bonchev–Trinajstić information content (AvgIpc) is 3.16. The molecule has 0 aliphatic rings. The number of anilines is 2. The van der Waals surface area contributed by atoms with E-state index in [9.17, 15) is 20.0 Å². The first-order chi connectivity index (χ1) is 18.9. The van der Waals surface area contributed by atoms with Crippen LogP contribution in [0.2, 0.25) is 0 Å². The number of H-pyrrole nitrogens is 1. The Kier molecular flexibility index (Phi) is 6.59. The molecule has 192 valence electrons. The third-order valence-electron chi connectivity index (χ3n) is 6.10. The van der Waals surface area contributed by atoms with Gasteiger partial charge in [-0.2, -0.15) is 5.26 Å². The molecule has 11 heteroatoms. The third kappa shape index (κ3) is 4.82. The van der Waals surface area contributed by atoms with Gasteiger partial charge in [0.1, 0.15) is 23.1 Å². The predicted octanol–water partition coefficient (Wildman–Crippen LogP) is 4.97. The highest BCUT2D eigenvalue weighted by Crippen LogP contribution is 2.32. The highest BCUT2D eigenvalue weighted by molar-refractivity contribution is 5.69. The van der Waals surface area contributed by atoms with E-state index in [1.165, 1.54) is 16.8 Å². The van der Waals surface area contributed by atoms with Crippen LogP contribution in [0.5, 0.6) is 5.75 Å². The van der Waals surface area contributed by atoms with Gasteiger partial charge in [-0.1, -0.05) is 48.5 Å². The van der Waals surface area contributed by atoms with Crippen LogP contribution in [-0.2, 0) is 7.05 Å². The van der Waals surface area contributed by atoms with E-state index in [-0.39, 0.29) is 39.9 Å². The SMILES string of the molecule is Cc1c(N=Nc2cc(Nc3nc(-c4ccccc4)c(C#N)c(=O)[nH]3)ccc2O)c(=O)n(-c2ccccc2)n1C. The molecule has 0 atom stereocenters. The zero-order chi connectivity index (χ0) is 27.5. The maximum absolute atomic E-state index is 13.1. The van der Waals surface area contributed by atoms with E-state index in [1.54, 1.807) is 49.0 Å². The number of nitriles is 1. The van der Waals surface area contributed by atoms with Crippen LogP contribution < -0.4 is 16.4 Å². The Morgan fingerprint density at radius 3 is 2.38 bits per heavy atom. The Labute approximate surface area is 222 Å². The highest BCUT2D eigenvalue weighted by Gasteiger charge is 2.17. The fourth-order valence-electron chi connectivity index (χ4n) is 4.03. The first-order valence-electron chi connectivity index (χ1n) is 11.8. The summed E-state index contributed by atoms with van der Waals surface area (Å²) in [5.41, 5.74) is 1.72. The number of rotatable bonds is 6. The predicted molar refractivity (Wildman–Crippen MR) is 146 cm³/mol. The van der Waals surface area contributed by atoms with Crippen molar-refractivity contribution >= 4 is 23.0 Å². The lowest BCUT2D eigenvalue weighted by Gasteiger charge is -2.09. The Bertz CT molecular complexity index is 1860. The average molecular weight is 519 g/mol. The molecule has 0 aliphatic carbocycles. The largest absolute Gasteiger partial charge is 0.506 e. The minimum atomic E-state index is -0.596. The molecule has 0 radical (unpaired) electrons. The summed E-state index contributed by atoms with van der Waals surface area (Å²) in [4.78, 5) is 32.7. The number of aromatic hydroxyl groups is 1. The van der Waals surface area contributed by atoms with E-state index < -0.39 is 5.56 Å². The van der Waals surface area contributed by atoms with Crippen LogP contribution in [0.1, 0.15) is 11.3 Å². The number of aromatic nitrogens is 4. The van der Waals surface area contributed by atoms with Crippen molar-refractivity contribution in [2.45, 2.75) is 6.92 Å². The van der Waals surface area contributed by atoms with Gasteiger partial charge in [0.25, 0.3) is 11.1 Å². The molecule has 0 unspecified atom stereocenters. The van der Waals surface area contributed by atoms with Gasteiger partial charge in [0.15, 0.2) is 5.69 Å². The topological polar surface area (TPSA) is 153 Å². The number of phenols is 1. The summed E-state index contributed by atoms with van der Waals surface area (Å²) in [7, 11) is 1.75. The van der Waals surface area contributed by atoms with Crippen LogP contribution in [0.3, 0.4) is 0 Å². The zero-order valence-electron chi connectivity index (χ0n) is 21.0. The van der Waals surface area contributed by atoms with Crippen LogP contribution in [0.4, 0.5) is 23.0 Å². The van der Waals surface area contributed by atoms with Crippen LogP contribution in [0.25, 0.3) is 16.9 Å². The Balaban J connectivity index is 1.48.